The number of benzene rings is 2. The summed E-state index contributed by atoms with van der Waals surface area (Å²) in [6, 6.07) is 13.2. The molecule has 0 saturated heterocycles. The van der Waals surface area contributed by atoms with E-state index in [2.05, 4.69) is 26.3 Å². The molecular weight excluding hydrogens is 545 g/mol. The zero-order valence-corrected chi connectivity index (χ0v) is 22.5. The van der Waals surface area contributed by atoms with Gasteiger partial charge in [-0.1, -0.05) is 42.3 Å². The van der Waals surface area contributed by atoms with Gasteiger partial charge in [0.2, 0.25) is 5.91 Å². The van der Waals surface area contributed by atoms with Crippen LogP contribution in [0.1, 0.15) is 46.6 Å². The molecule has 3 aromatic rings. The lowest BCUT2D eigenvalue weighted by molar-refractivity contribution is -0.137. The van der Waals surface area contributed by atoms with Gasteiger partial charge in [-0.25, -0.2) is 4.79 Å². The number of carboxylic acids is 1. The predicted octanol–water partition coefficient (Wildman–Crippen LogP) is 4.33. The van der Waals surface area contributed by atoms with Gasteiger partial charge in [0.1, 0.15) is 0 Å². The minimum absolute atomic E-state index is 0.184. The number of hydrogen-bond donors (Lipinski definition) is 5. The second-order valence-corrected chi connectivity index (χ2v) is 9.33. The van der Waals surface area contributed by atoms with E-state index in [1.807, 2.05) is 6.92 Å². The smallest absolute Gasteiger partial charge is 0.319 e. The van der Waals surface area contributed by atoms with Crippen molar-refractivity contribution >= 4 is 52.7 Å². The molecule has 0 spiro atoms. The second-order valence-electron chi connectivity index (χ2n) is 8.46. The van der Waals surface area contributed by atoms with Gasteiger partial charge in [0.25, 0.3) is 5.91 Å². The van der Waals surface area contributed by atoms with Crippen molar-refractivity contribution in [2.75, 3.05) is 11.9 Å². The summed E-state index contributed by atoms with van der Waals surface area (Å²) in [4.78, 5) is 53.1. The molecule has 204 valence electrons. The van der Waals surface area contributed by atoms with Crippen LogP contribution < -0.4 is 21.3 Å². The van der Waals surface area contributed by atoms with Gasteiger partial charge in [0, 0.05) is 39.7 Å². The fourth-order valence-electron chi connectivity index (χ4n) is 3.79. The molecule has 2 aromatic carbocycles. The number of pyridine rings is 1. The molecule has 12 heteroatoms. The van der Waals surface area contributed by atoms with Crippen LogP contribution in [0.4, 0.5) is 10.5 Å². The molecule has 0 bridgehead atoms. The summed E-state index contributed by atoms with van der Waals surface area (Å²) in [6.07, 6.45) is 1.83. The Balaban J connectivity index is 1.55. The van der Waals surface area contributed by atoms with Crippen LogP contribution >= 0.6 is 23.2 Å². The first-order valence-electron chi connectivity index (χ1n) is 12.0. The number of halogens is 2. The van der Waals surface area contributed by atoms with Crippen molar-refractivity contribution < 1.29 is 24.3 Å². The van der Waals surface area contributed by atoms with Crippen molar-refractivity contribution in [3.63, 3.8) is 0 Å². The van der Waals surface area contributed by atoms with E-state index in [1.54, 1.807) is 48.7 Å². The largest absolute Gasteiger partial charge is 0.481 e. The van der Waals surface area contributed by atoms with E-state index in [0.717, 1.165) is 0 Å². The van der Waals surface area contributed by atoms with Crippen molar-refractivity contribution in [3.05, 3.63) is 93.2 Å². The lowest BCUT2D eigenvalue weighted by Gasteiger charge is -2.19. The van der Waals surface area contributed by atoms with Crippen LogP contribution in [0, 0.1) is 0 Å². The number of amides is 4. The van der Waals surface area contributed by atoms with E-state index in [-0.39, 0.29) is 25.1 Å². The van der Waals surface area contributed by atoms with Crippen LogP contribution in [0.3, 0.4) is 0 Å². The quantitative estimate of drug-likeness (QED) is 0.231. The molecule has 5 N–H and O–H groups in total. The fourth-order valence-corrected chi connectivity index (χ4v) is 4.36. The zero-order chi connectivity index (χ0) is 28.4. The highest BCUT2D eigenvalue weighted by Crippen LogP contribution is 2.21. The van der Waals surface area contributed by atoms with Gasteiger partial charge in [-0.2, -0.15) is 0 Å². The number of hydrogen-bond acceptors (Lipinski definition) is 5. The Hall–Kier alpha value is -4.15. The summed E-state index contributed by atoms with van der Waals surface area (Å²) in [7, 11) is 0. The van der Waals surface area contributed by atoms with Crippen LogP contribution in [-0.4, -0.2) is 40.5 Å². The lowest BCUT2D eigenvalue weighted by Crippen LogP contribution is -2.39. The average molecular weight is 572 g/mol. The molecule has 0 aliphatic rings. The maximum Gasteiger partial charge on any atom is 0.319 e. The van der Waals surface area contributed by atoms with Gasteiger partial charge < -0.3 is 26.4 Å². The van der Waals surface area contributed by atoms with E-state index in [9.17, 15) is 24.3 Å². The molecule has 1 aromatic heterocycles. The van der Waals surface area contributed by atoms with Gasteiger partial charge in [-0.3, -0.25) is 19.4 Å². The van der Waals surface area contributed by atoms with E-state index < -0.39 is 29.9 Å². The summed E-state index contributed by atoms with van der Waals surface area (Å²) in [6.45, 7) is 1.69. The monoisotopic (exact) mass is 571 g/mol. The topological polar surface area (TPSA) is 150 Å². The van der Waals surface area contributed by atoms with Crippen LogP contribution in [0.2, 0.25) is 10.0 Å². The Kier molecular flexibility index (Phi) is 10.7. The van der Waals surface area contributed by atoms with Gasteiger partial charge >= 0.3 is 12.0 Å². The van der Waals surface area contributed by atoms with Gasteiger partial charge in [-0.05, 0) is 60.0 Å². The number of aromatic nitrogens is 1. The molecule has 10 nitrogen and oxygen atoms in total. The predicted molar refractivity (Wildman–Crippen MR) is 148 cm³/mol. The first kappa shape index (κ1) is 29.4. The molecule has 0 aliphatic carbocycles. The normalized spacial score (nSPS) is 11.3. The number of carbonyl (C=O) groups excluding carboxylic acids is 3. The summed E-state index contributed by atoms with van der Waals surface area (Å²) in [5.41, 5.74) is 2.58. The van der Waals surface area contributed by atoms with Gasteiger partial charge in [0.15, 0.2) is 0 Å². The summed E-state index contributed by atoms with van der Waals surface area (Å²) in [5.74, 6) is -2.19. The van der Waals surface area contributed by atoms with Crippen LogP contribution in [0.15, 0.2) is 60.8 Å². The van der Waals surface area contributed by atoms with E-state index in [4.69, 9.17) is 23.2 Å². The number of nitrogens with one attached hydrogen (secondary N) is 4. The second kappa shape index (κ2) is 14.1. The molecule has 3 rings (SSSR count). The van der Waals surface area contributed by atoms with Crippen molar-refractivity contribution in [1.29, 1.82) is 0 Å². The zero-order valence-electron chi connectivity index (χ0n) is 21.0. The van der Waals surface area contributed by atoms with Gasteiger partial charge in [0.05, 0.1) is 19.0 Å². The first-order chi connectivity index (χ1) is 18.6. The Bertz CT molecular complexity index is 1350. The molecule has 1 unspecified atom stereocenters. The molecule has 0 fully saturated rings. The Morgan fingerprint density at radius 3 is 2.41 bits per heavy atom. The molecule has 39 heavy (non-hydrogen) atoms. The number of nitrogens with zero attached hydrogens (tertiary/aromatic N) is 1. The molecule has 1 heterocycles. The number of aliphatic carboxylic acids is 1. The van der Waals surface area contributed by atoms with Crippen LogP contribution in [-0.2, 0) is 22.6 Å². The van der Waals surface area contributed by atoms with E-state index >= 15 is 0 Å². The Morgan fingerprint density at radius 2 is 1.72 bits per heavy atom. The van der Waals surface area contributed by atoms with Crippen molar-refractivity contribution in [2.45, 2.75) is 32.4 Å². The number of aryl methyl sites for hydroxylation is 1. The molecule has 0 saturated carbocycles. The van der Waals surface area contributed by atoms with E-state index in [0.29, 0.717) is 39.0 Å². The van der Waals surface area contributed by atoms with Crippen molar-refractivity contribution in [1.82, 2.24) is 20.9 Å². The summed E-state index contributed by atoms with van der Waals surface area (Å²) in [5, 5.41) is 20.7. The maximum atomic E-state index is 12.6. The van der Waals surface area contributed by atoms with Crippen LogP contribution in [0.25, 0.3) is 0 Å². The van der Waals surface area contributed by atoms with Crippen LogP contribution in [0.5, 0.6) is 0 Å². The Morgan fingerprint density at radius 1 is 0.974 bits per heavy atom. The number of carbonyl (C=O) groups is 4. The SMILES string of the molecule is CCc1ncccc1C(CC(=O)O)NC(=O)CNC(=O)c1cccc(NC(=O)NCc2cc(Cl)cc(Cl)c2)c1. The number of urea groups is 1. The highest BCUT2D eigenvalue weighted by Gasteiger charge is 2.21. The third kappa shape index (κ3) is 9.27. The third-order valence-electron chi connectivity index (χ3n) is 5.52. The number of carboxylic acid groups (broad SMARTS) is 1. The van der Waals surface area contributed by atoms with Crippen molar-refractivity contribution in [2.24, 2.45) is 0 Å². The highest BCUT2D eigenvalue weighted by atomic mass is 35.5. The fraction of sp³-hybridized carbons (Fsp3) is 0.222. The summed E-state index contributed by atoms with van der Waals surface area (Å²) >= 11 is 11.9. The number of anilines is 1. The standard InChI is InChI=1S/C27H27Cl2N5O5/c1-2-22-21(7-4-8-30-22)23(13-25(36)37)34-24(35)15-31-26(38)17-5-3-6-20(11-17)33-27(39)32-14-16-9-18(28)12-19(29)10-16/h3-12,23H,2,13-15H2,1H3,(H,31,38)(H,34,35)(H,36,37)(H2,32,33,39). The number of rotatable bonds is 11. The molecule has 0 radical (unpaired) electrons. The molecular formula is C27H27Cl2N5O5. The Labute approximate surface area is 235 Å². The van der Waals surface area contributed by atoms with Gasteiger partial charge in [-0.15, -0.1) is 0 Å². The first-order valence-corrected chi connectivity index (χ1v) is 12.7. The minimum Gasteiger partial charge on any atom is -0.481 e. The van der Waals surface area contributed by atoms with Crippen molar-refractivity contribution in [3.8, 4) is 0 Å². The average Bonchev–Trinajstić information content (AvgIpc) is 2.89. The molecule has 0 aliphatic heterocycles. The molecule has 4 amide bonds. The highest BCUT2D eigenvalue weighted by molar-refractivity contribution is 6.34. The molecule has 1 atom stereocenters. The summed E-state index contributed by atoms with van der Waals surface area (Å²) < 4.78 is 0. The minimum atomic E-state index is -1.08. The lowest BCUT2D eigenvalue weighted by atomic mass is 10.0. The maximum absolute atomic E-state index is 12.6. The third-order valence-corrected chi connectivity index (χ3v) is 5.95. The van der Waals surface area contributed by atoms with E-state index in [1.165, 1.54) is 12.1 Å².